The fourth-order valence-corrected chi connectivity index (χ4v) is 4.27. The minimum atomic E-state index is -3.49. The molecule has 1 rings (SSSR count). The van der Waals surface area contributed by atoms with Crippen molar-refractivity contribution < 1.29 is 27.9 Å². The van der Waals surface area contributed by atoms with Crippen LogP contribution in [0.1, 0.15) is 32.6 Å². The molecular weight excluding hydrogens is 312 g/mol. The van der Waals surface area contributed by atoms with Crippen molar-refractivity contribution in [2.75, 3.05) is 26.0 Å². The van der Waals surface area contributed by atoms with Crippen molar-refractivity contribution in [3.05, 3.63) is 0 Å². The van der Waals surface area contributed by atoms with Gasteiger partial charge in [0.15, 0.2) is 6.04 Å². The first-order valence-electron chi connectivity index (χ1n) is 7.35. The lowest BCUT2D eigenvalue weighted by Gasteiger charge is -2.24. The molecule has 0 aliphatic carbocycles. The summed E-state index contributed by atoms with van der Waals surface area (Å²) in [5.74, 6) is -1.79. The predicted molar refractivity (Wildman–Crippen MR) is 79.9 cm³/mol. The number of carbonyl (C=O) groups is 2. The van der Waals surface area contributed by atoms with Gasteiger partial charge in [-0.05, 0) is 19.3 Å². The molecule has 0 aromatic rings. The van der Waals surface area contributed by atoms with Crippen molar-refractivity contribution >= 4 is 21.9 Å². The smallest absolute Gasteiger partial charge is 0.328 e. The van der Waals surface area contributed by atoms with Crippen molar-refractivity contribution in [2.24, 2.45) is 0 Å². The van der Waals surface area contributed by atoms with Crippen LogP contribution >= 0.6 is 0 Å². The molecule has 0 spiro atoms. The van der Waals surface area contributed by atoms with Gasteiger partial charge >= 0.3 is 5.97 Å². The number of carbonyl (C=O) groups excluding carboxylic acids is 1. The van der Waals surface area contributed by atoms with E-state index in [-0.39, 0.29) is 12.4 Å². The highest BCUT2D eigenvalue weighted by molar-refractivity contribution is 7.89. The molecule has 1 aliphatic rings. The number of nitrogens with zero attached hydrogens (tertiary/aromatic N) is 1. The van der Waals surface area contributed by atoms with E-state index in [1.54, 1.807) is 0 Å². The minimum absolute atomic E-state index is 0.00765. The Bertz CT molecular complexity index is 493. The first-order chi connectivity index (χ1) is 10.3. The second-order valence-corrected chi connectivity index (χ2v) is 7.33. The van der Waals surface area contributed by atoms with Crippen LogP contribution in [-0.4, -0.2) is 67.8 Å². The summed E-state index contributed by atoms with van der Waals surface area (Å²) in [6, 6.07) is -2.01. The number of hydrogen-bond acceptors (Lipinski definition) is 5. The Labute approximate surface area is 130 Å². The molecule has 2 N–H and O–H groups in total. The fraction of sp³-hybridized carbons (Fsp3) is 0.846. The zero-order valence-electron chi connectivity index (χ0n) is 12.9. The van der Waals surface area contributed by atoms with Crippen LogP contribution in [0.25, 0.3) is 0 Å². The summed E-state index contributed by atoms with van der Waals surface area (Å²) >= 11 is 0. The molecule has 2 atom stereocenters. The van der Waals surface area contributed by atoms with Crippen LogP contribution in [0.5, 0.6) is 0 Å². The topological polar surface area (TPSA) is 113 Å². The maximum absolute atomic E-state index is 12.3. The standard InChI is InChI=1S/C13H24N2O6S/c1-3-4-8-22(19,20)15-7-5-6-11(15)12(16)14-10(9-21-2)13(17)18/h10-11H,3-9H2,1-2H3,(H,14,16)(H,17,18). The van der Waals surface area contributed by atoms with Crippen LogP contribution in [0, 0.1) is 0 Å². The quantitative estimate of drug-likeness (QED) is 0.603. The molecule has 9 heteroatoms. The second kappa shape index (κ2) is 8.44. The van der Waals surface area contributed by atoms with Crippen molar-refractivity contribution in [3.8, 4) is 0 Å². The third kappa shape index (κ3) is 4.92. The fourth-order valence-electron chi connectivity index (χ4n) is 2.39. The number of methoxy groups -OCH3 is 1. The Morgan fingerprint density at radius 2 is 2.14 bits per heavy atom. The zero-order valence-corrected chi connectivity index (χ0v) is 13.8. The Balaban J connectivity index is 2.77. The molecule has 0 bridgehead atoms. The van der Waals surface area contributed by atoms with Gasteiger partial charge in [-0.15, -0.1) is 0 Å². The Kier molecular flexibility index (Phi) is 7.24. The molecule has 1 heterocycles. The van der Waals surface area contributed by atoms with Crippen LogP contribution in [0.4, 0.5) is 0 Å². The van der Waals surface area contributed by atoms with E-state index in [4.69, 9.17) is 9.84 Å². The van der Waals surface area contributed by atoms with E-state index in [0.717, 1.165) is 6.42 Å². The van der Waals surface area contributed by atoms with E-state index in [1.807, 2.05) is 6.92 Å². The second-order valence-electron chi connectivity index (χ2n) is 5.29. The van der Waals surface area contributed by atoms with Gasteiger partial charge in [0.2, 0.25) is 15.9 Å². The molecule has 128 valence electrons. The number of aliphatic carboxylic acids is 1. The number of carboxylic acid groups (broad SMARTS) is 1. The average Bonchev–Trinajstić information content (AvgIpc) is 2.95. The van der Waals surface area contributed by atoms with E-state index < -0.39 is 34.0 Å². The van der Waals surface area contributed by atoms with Gasteiger partial charge in [0, 0.05) is 13.7 Å². The van der Waals surface area contributed by atoms with Crippen LogP contribution in [0.15, 0.2) is 0 Å². The highest BCUT2D eigenvalue weighted by atomic mass is 32.2. The monoisotopic (exact) mass is 336 g/mol. The van der Waals surface area contributed by atoms with Gasteiger partial charge < -0.3 is 15.2 Å². The molecule has 1 amide bonds. The summed E-state index contributed by atoms with van der Waals surface area (Å²) in [5, 5.41) is 11.4. The summed E-state index contributed by atoms with van der Waals surface area (Å²) in [4.78, 5) is 23.3. The summed E-state index contributed by atoms with van der Waals surface area (Å²) in [5.41, 5.74) is 0. The van der Waals surface area contributed by atoms with Crippen LogP contribution in [-0.2, 0) is 24.3 Å². The third-order valence-electron chi connectivity index (χ3n) is 3.57. The number of unbranched alkanes of at least 4 members (excludes halogenated alkanes) is 1. The first-order valence-corrected chi connectivity index (χ1v) is 8.96. The van der Waals surface area contributed by atoms with Crippen LogP contribution < -0.4 is 5.32 Å². The van der Waals surface area contributed by atoms with Crippen molar-refractivity contribution in [1.29, 1.82) is 0 Å². The number of carboxylic acids is 1. The van der Waals surface area contributed by atoms with Crippen molar-refractivity contribution in [2.45, 2.75) is 44.7 Å². The Morgan fingerprint density at radius 1 is 1.45 bits per heavy atom. The molecule has 0 saturated carbocycles. The number of nitrogens with one attached hydrogen (secondary N) is 1. The van der Waals surface area contributed by atoms with Gasteiger partial charge in [0.05, 0.1) is 12.4 Å². The van der Waals surface area contributed by atoms with Crippen LogP contribution in [0.2, 0.25) is 0 Å². The number of amides is 1. The zero-order chi connectivity index (χ0) is 16.8. The Hall–Kier alpha value is -1.19. The minimum Gasteiger partial charge on any atom is -0.480 e. The number of ether oxygens (including phenoxy) is 1. The lowest BCUT2D eigenvalue weighted by Crippen LogP contribution is -2.52. The molecule has 8 nitrogen and oxygen atoms in total. The molecule has 0 aromatic heterocycles. The van der Waals surface area contributed by atoms with E-state index in [1.165, 1.54) is 11.4 Å². The summed E-state index contributed by atoms with van der Waals surface area (Å²) < 4.78 is 30.5. The molecule has 1 fully saturated rings. The van der Waals surface area contributed by atoms with Gasteiger partial charge in [0.1, 0.15) is 6.04 Å². The van der Waals surface area contributed by atoms with Crippen molar-refractivity contribution in [3.63, 3.8) is 0 Å². The summed E-state index contributed by atoms with van der Waals surface area (Å²) in [7, 11) is -2.16. The molecule has 1 aliphatic heterocycles. The average molecular weight is 336 g/mol. The third-order valence-corrected chi connectivity index (χ3v) is 5.52. The Morgan fingerprint density at radius 3 is 2.68 bits per heavy atom. The maximum atomic E-state index is 12.3. The van der Waals surface area contributed by atoms with Crippen LogP contribution in [0.3, 0.4) is 0 Å². The molecular formula is C13H24N2O6S. The summed E-state index contributed by atoms with van der Waals surface area (Å²) in [6.07, 6.45) is 2.27. The molecule has 1 saturated heterocycles. The van der Waals surface area contributed by atoms with E-state index in [9.17, 15) is 18.0 Å². The molecule has 2 unspecified atom stereocenters. The molecule has 0 aromatic carbocycles. The van der Waals surface area contributed by atoms with Gasteiger partial charge in [-0.3, -0.25) is 4.79 Å². The van der Waals surface area contributed by atoms with Gasteiger partial charge in [-0.2, -0.15) is 4.31 Å². The van der Waals surface area contributed by atoms with Gasteiger partial charge in [-0.1, -0.05) is 13.3 Å². The normalized spacial score (nSPS) is 20.7. The highest BCUT2D eigenvalue weighted by Gasteiger charge is 2.39. The number of rotatable bonds is 9. The molecule has 22 heavy (non-hydrogen) atoms. The predicted octanol–water partition coefficient (Wildman–Crippen LogP) is -0.203. The lowest BCUT2D eigenvalue weighted by molar-refractivity contribution is -0.143. The van der Waals surface area contributed by atoms with E-state index >= 15 is 0 Å². The largest absolute Gasteiger partial charge is 0.480 e. The number of sulfonamides is 1. The van der Waals surface area contributed by atoms with E-state index in [2.05, 4.69) is 5.32 Å². The molecule has 0 radical (unpaired) electrons. The maximum Gasteiger partial charge on any atom is 0.328 e. The van der Waals surface area contributed by atoms with Crippen molar-refractivity contribution in [1.82, 2.24) is 9.62 Å². The van der Waals surface area contributed by atoms with Gasteiger partial charge in [-0.25, -0.2) is 13.2 Å². The first kappa shape index (κ1) is 18.9. The lowest BCUT2D eigenvalue weighted by atomic mass is 10.2. The number of hydrogen-bond donors (Lipinski definition) is 2. The summed E-state index contributed by atoms with van der Waals surface area (Å²) in [6.45, 7) is 2.02. The van der Waals surface area contributed by atoms with E-state index in [0.29, 0.717) is 25.8 Å². The highest BCUT2D eigenvalue weighted by Crippen LogP contribution is 2.22. The SMILES string of the molecule is CCCCS(=O)(=O)N1CCCC1C(=O)NC(COC)C(=O)O. The van der Waals surface area contributed by atoms with Gasteiger partial charge in [0.25, 0.3) is 0 Å².